The SMILES string of the molecule is O=C1NC2=C(C=CCN2)C2(CCN(c3cc(Oc4cc(Cl)c5[nH]c(C6CCOC6)nc5c4)ncn3)CC2)O1. The number of alkyl carbamates (subject to hydrolysis) is 1. The van der Waals surface area contributed by atoms with Crippen LogP contribution in [0.5, 0.6) is 11.6 Å². The fourth-order valence-electron chi connectivity index (χ4n) is 5.58. The first-order chi connectivity index (χ1) is 18.6. The molecule has 38 heavy (non-hydrogen) atoms. The first-order valence-corrected chi connectivity index (χ1v) is 13.1. The zero-order valence-corrected chi connectivity index (χ0v) is 21.3. The van der Waals surface area contributed by atoms with Gasteiger partial charge in [-0.15, -0.1) is 0 Å². The van der Waals surface area contributed by atoms with E-state index in [1.165, 1.54) is 6.33 Å². The molecule has 1 unspecified atom stereocenters. The largest absolute Gasteiger partial charge is 0.439 e. The molecule has 0 radical (unpaired) electrons. The number of hydrogen-bond acceptors (Lipinski definition) is 9. The van der Waals surface area contributed by atoms with Crippen molar-refractivity contribution in [1.82, 2.24) is 30.6 Å². The number of amides is 1. The molecular formula is C26H26ClN7O4. The van der Waals surface area contributed by atoms with Crippen molar-refractivity contribution in [3.63, 3.8) is 0 Å². The van der Waals surface area contributed by atoms with Crippen LogP contribution in [0.2, 0.25) is 5.02 Å². The minimum atomic E-state index is -0.649. The second kappa shape index (κ2) is 9.17. The number of aromatic amines is 1. The van der Waals surface area contributed by atoms with Gasteiger partial charge in [0.25, 0.3) is 0 Å². The van der Waals surface area contributed by atoms with Crippen molar-refractivity contribution in [1.29, 1.82) is 0 Å². The van der Waals surface area contributed by atoms with Gasteiger partial charge in [-0.05, 0) is 6.42 Å². The Hall–Kier alpha value is -3.83. The van der Waals surface area contributed by atoms with Gasteiger partial charge in [-0.2, -0.15) is 0 Å². The number of hydrogen-bond donors (Lipinski definition) is 3. The molecule has 3 aromatic rings. The lowest BCUT2D eigenvalue weighted by Gasteiger charge is -2.45. The number of nitrogens with one attached hydrogen (secondary N) is 3. The van der Waals surface area contributed by atoms with Gasteiger partial charge < -0.3 is 29.4 Å². The van der Waals surface area contributed by atoms with Gasteiger partial charge in [0, 0.05) is 68.8 Å². The number of imidazole rings is 1. The molecule has 4 aliphatic heterocycles. The molecule has 11 nitrogen and oxygen atoms in total. The Morgan fingerprint density at radius 3 is 2.92 bits per heavy atom. The summed E-state index contributed by atoms with van der Waals surface area (Å²) in [7, 11) is 0. The van der Waals surface area contributed by atoms with Crippen molar-refractivity contribution in [2.75, 3.05) is 37.7 Å². The summed E-state index contributed by atoms with van der Waals surface area (Å²) in [6.45, 7) is 3.40. The number of benzene rings is 1. The van der Waals surface area contributed by atoms with Crippen LogP contribution in [0.1, 0.15) is 31.0 Å². The third-order valence-electron chi connectivity index (χ3n) is 7.55. The smallest absolute Gasteiger partial charge is 0.413 e. The second-order valence-corrected chi connectivity index (χ2v) is 10.3. The fraction of sp³-hybridized carbons (Fsp3) is 0.385. The van der Waals surface area contributed by atoms with E-state index in [0.29, 0.717) is 55.7 Å². The number of rotatable bonds is 4. The number of aromatic nitrogens is 4. The normalized spacial score (nSPS) is 22.3. The number of halogens is 1. The summed E-state index contributed by atoms with van der Waals surface area (Å²) in [4.78, 5) is 31.2. The number of ether oxygens (including phenoxy) is 3. The van der Waals surface area contributed by atoms with Crippen molar-refractivity contribution in [3.05, 3.63) is 58.9 Å². The van der Waals surface area contributed by atoms with E-state index >= 15 is 0 Å². The predicted octanol–water partition coefficient (Wildman–Crippen LogP) is 3.75. The highest BCUT2D eigenvalue weighted by atomic mass is 35.5. The number of dihydropyridines is 1. The van der Waals surface area contributed by atoms with E-state index in [1.54, 1.807) is 6.07 Å². The lowest BCUT2D eigenvalue weighted by molar-refractivity contribution is 0.0144. The quantitative estimate of drug-likeness (QED) is 0.457. The Balaban J connectivity index is 1.08. The van der Waals surface area contributed by atoms with Gasteiger partial charge in [-0.25, -0.2) is 19.7 Å². The minimum Gasteiger partial charge on any atom is -0.439 e. The van der Waals surface area contributed by atoms with Crippen molar-refractivity contribution in [2.45, 2.75) is 30.8 Å². The highest BCUT2D eigenvalue weighted by Crippen LogP contribution is 2.40. The third-order valence-corrected chi connectivity index (χ3v) is 7.85. The topological polar surface area (TPSA) is 127 Å². The first kappa shape index (κ1) is 23.3. The van der Waals surface area contributed by atoms with Crippen LogP contribution in [0, 0.1) is 0 Å². The fourth-order valence-corrected chi connectivity index (χ4v) is 5.84. The zero-order valence-electron chi connectivity index (χ0n) is 20.5. The molecule has 2 aromatic heterocycles. The molecular weight excluding hydrogens is 510 g/mol. The van der Waals surface area contributed by atoms with Gasteiger partial charge in [-0.3, -0.25) is 5.32 Å². The molecule has 6 heterocycles. The molecule has 1 amide bonds. The van der Waals surface area contributed by atoms with E-state index in [0.717, 1.165) is 47.1 Å². The molecule has 7 rings (SSSR count). The monoisotopic (exact) mass is 535 g/mol. The van der Waals surface area contributed by atoms with E-state index < -0.39 is 11.7 Å². The van der Waals surface area contributed by atoms with Crippen LogP contribution in [0.4, 0.5) is 10.6 Å². The van der Waals surface area contributed by atoms with Crippen LogP contribution < -0.4 is 20.3 Å². The third kappa shape index (κ3) is 4.11. The Morgan fingerprint density at radius 1 is 1.18 bits per heavy atom. The molecule has 0 bridgehead atoms. The molecule has 2 saturated heterocycles. The molecule has 1 atom stereocenters. The lowest BCUT2D eigenvalue weighted by atomic mass is 9.82. The van der Waals surface area contributed by atoms with Crippen LogP contribution >= 0.6 is 11.6 Å². The minimum absolute atomic E-state index is 0.248. The van der Waals surface area contributed by atoms with Gasteiger partial charge in [0.15, 0.2) is 0 Å². The Kier molecular flexibility index (Phi) is 5.62. The Labute approximate surface area is 223 Å². The number of fused-ring (bicyclic) bond motifs is 2. The molecule has 3 N–H and O–H groups in total. The predicted molar refractivity (Wildman–Crippen MR) is 139 cm³/mol. The molecule has 2 fully saturated rings. The highest BCUT2D eigenvalue weighted by Gasteiger charge is 2.46. The van der Waals surface area contributed by atoms with Crippen LogP contribution in [0.3, 0.4) is 0 Å². The number of anilines is 1. The molecule has 1 aromatic carbocycles. The van der Waals surface area contributed by atoms with E-state index in [9.17, 15) is 4.79 Å². The van der Waals surface area contributed by atoms with Crippen molar-refractivity contribution < 1.29 is 19.0 Å². The summed E-state index contributed by atoms with van der Waals surface area (Å²) in [6, 6.07) is 5.42. The number of H-pyrrole nitrogens is 1. The number of nitrogens with zero attached hydrogens (tertiary/aromatic N) is 4. The van der Waals surface area contributed by atoms with Crippen LogP contribution in [0.15, 0.2) is 48.1 Å². The van der Waals surface area contributed by atoms with Gasteiger partial charge in [0.2, 0.25) is 5.88 Å². The average molecular weight is 536 g/mol. The lowest BCUT2D eigenvalue weighted by Crippen LogP contribution is -2.55. The number of piperidine rings is 1. The molecule has 4 aliphatic rings. The summed E-state index contributed by atoms with van der Waals surface area (Å²) in [6.07, 6.45) is 7.38. The van der Waals surface area contributed by atoms with Gasteiger partial charge in [-0.1, -0.05) is 23.8 Å². The summed E-state index contributed by atoms with van der Waals surface area (Å²) in [5.74, 6) is 3.56. The molecule has 0 aliphatic carbocycles. The summed E-state index contributed by atoms with van der Waals surface area (Å²) < 4.78 is 17.4. The Bertz CT molecular complexity index is 1470. The maximum atomic E-state index is 12.2. The van der Waals surface area contributed by atoms with Gasteiger partial charge in [0.1, 0.15) is 35.1 Å². The summed E-state index contributed by atoms with van der Waals surface area (Å²) in [5, 5.41) is 6.54. The molecule has 0 saturated carbocycles. The number of carbonyl (C=O) groups excluding carboxylic acids is 1. The maximum Gasteiger partial charge on any atom is 0.413 e. The van der Waals surface area contributed by atoms with Crippen LogP contribution in [-0.2, 0) is 9.47 Å². The molecule has 1 spiro atoms. The average Bonchev–Trinajstić information content (AvgIpc) is 3.60. The van der Waals surface area contributed by atoms with Gasteiger partial charge in [0.05, 0.1) is 22.7 Å². The zero-order chi connectivity index (χ0) is 25.7. The maximum absolute atomic E-state index is 12.2. The van der Waals surface area contributed by atoms with Crippen molar-refractivity contribution >= 4 is 34.5 Å². The van der Waals surface area contributed by atoms with E-state index in [-0.39, 0.29) is 5.92 Å². The molecule has 12 heteroatoms. The first-order valence-electron chi connectivity index (χ1n) is 12.7. The van der Waals surface area contributed by atoms with Crippen LogP contribution in [-0.4, -0.2) is 64.5 Å². The van der Waals surface area contributed by atoms with E-state index in [4.69, 9.17) is 30.8 Å². The van der Waals surface area contributed by atoms with E-state index in [1.807, 2.05) is 24.3 Å². The Morgan fingerprint density at radius 2 is 2.08 bits per heavy atom. The number of carbonyl (C=O) groups is 1. The van der Waals surface area contributed by atoms with E-state index in [2.05, 4.69) is 30.5 Å². The van der Waals surface area contributed by atoms with Gasteiger partial charge >= 0.3 is 6.09 Å². The van der Waals surface area contributed by atoms with Crippen LogP contribution in [0.25, 0.3) is 11.0 Å². The highest BCUT2D eigenvalue weighted by molar-refractivity contribution is 6.35. The second-order valence-electron chi connectivity index (χ2n) is 9.87. The van der Waals surface area contributed by atoms with Crippen molar-refractivity contribution in [3.8, 4) is 11.6 Å². The van der Waals surface area contributed by atoms with Crippen molar-refractivity contribution in [2.24, 2.45) is 0 Å². The summed E-state index contributed by atoms with van der Waals surface area (Å²) in [5.41, 5.74) is 1.86. The molecule has 196 valence electrons. The summed E-state index contributed by atoms with van der Waals surface area (Å²) >= 11 is 6.55. The standard InChI is InChI=1S/C26H26ClN7O4/c27-18-10-16(11-19-22(18)32-23(31-19)15-3-9-36-13-15)37-21-12-20(29-14-30-21)34-7-4-26(5-8-34)17-2-1-6-28-24(17)33-25(35)38-26/h1-2,10-12,14-15,28H,3-9,13H2,(H,31,32)(H,33,35).